The maximum absolute atomic E-state index is 10.8. The summed E-state index contributed by atoms with van der Waals surface area (Å²) in [6.07, 6.45) is 5.09. The molecule has 0 unspecified atom stereocenters. The molecular weight excluding hydrogens is 677 g/mol. The van der Waals surface area contributed by atoms with Gasteiger partial charge in [-0.3, -0.25) is 4.79 Å². The Balaban J connectivity index is 0. The Morgan fingerprint density at radius 2 is 1.46 bits per heavy atom. The van der Waals surface area contributed by atoms with Crippen molar-refractivity contribution >= 4 is 105 Å². The molecule has 0 aliphatic carbocycles. The van der Waals surface area contributed by atoms with E-state index in [1.807, 2.05) is 0 Å². The summed E-state index contributed by atoms with van der Waals surface area (Å²) in [5, 5.41) is 1.35. The number of nitrogens with two attached hydrogens (primary N) is 3. The van der Waals surface area contributed by atoms with Gasteiger partial charge in [-0.2, -0.15) is 4.90 Å². The number of thioether (sulfide) groups is 1. The van der Waals surface area contributed by atoms with E-state index >= 15 is 0 Å². The fourth-order valence-corrected chi connectivity index (χ4v) is 3.75. The summed E-state index contributed by atoms with van der Waals surface area (Å²) in [7, 11) is 1.37. The van der Waals surface area contributed by atoms with E-state index in [4.69, 9.17) is 64.6 Å². The molecule has 3 aromatic heterocycles. The molecule has 35 heavy (non-hydrogen) atoms. The molecule has 3 aromatic rings. The maximum atomic E-state index is 10.8. The van der Waals surface area contributed by atoms with Crippen molar-refractivity contribution in [3.05, 3.63) is 55.4 Å². The quantitative estimate of drug-likeness (QED) is 0.122. The average molecular weight is 700 g/mol. The van der Waals surface area contributed by atoms with Gasteiger partial charge in [-0.05, 0) is 34.7 Å². The molecule has 8 nitrogen and oxygen atoms in total. The first-order chi connectivity index (χ1) is 15.6. The van der Waals surface area contributed by atoms with Gasteiger partial charge >= 0.3 is 35.5 Å². The van der Waals surface area contributed by atoms with Gasteiger partial charge in [0.2, 0.25) is 0 Å². The molecule has 0 saturated heterocycles. The van der Waals surface area contributed by atoms with Crippen LogP contribution in [-0.4, -0.2) is 33.8 Å². The molecule has 0 radical (unpaired) electrons. The van der Waals surface area contributed by atoms with Gasteiger partial charge in [-0.25, -0.2) is 15.0 Å². The molecule has 0 fully saturated rings. The van der Waals surface area contributed by atoms with Crippen LogP contribution < -0.4 is 46.8 Å². The molecule has 0 aliphatic rings. The van der Waals surface area contributed by atoms with Gasteiger partial charge in [-0.1, -0.05) is 48.3 Å². The zero-order valence-corrected chi connectivity index (χ0v) is 26.2. The van der Waals surface area contributed by atoms with Crippen LogP contribution >= 0.6 is 69.2 Å². The molecule has 0 saturated carbocycles. The number of hydrogen-bond donors (Lipinski definition) is 3. The van der Waals surface area contributed by atoms with Gasteiger partial charge in [-0.15, -0.1) is 11.8 Å². The van der Waals surface area contributed by atoms with Gasteiger partial charge in [0.1, 0.15) is 17.5 Å². The third-order valence-electron chi connectivity index (χ3n) is 3.42. The minimum atomic E-state index is -0.236. The van der Waals surface area contributed by atoms with Crippen LogP contribution in [0.4, 0.5) is 17.5 Å². The molecule has 3 heterocycles. The Hall–Kier alpha value is -0.510. The molecule has 0 spiro atoms. The fourth-order valence-electron chi connectivity index (χ4n) is 1.78. The summed E-state index contributed by atoms with van der Waals surface area (Å²) in [4.78, 5) is 23.6. The number of esters is 1. The van der Waals surface area contributed by atoms with Crippen LogP contribution in [-0.2, 0) is 22.2 Å². The van der Waals surface area contributed by atoms with Crippen LogP contribution in [0, 0.1) is 3.57 Å². The third kappa shape index (κ3) is 13.6. The molecule has 0 bridgehead atoms. The van der Waals surface area contributed by atoms with Gasteiger partial charge in [0.25, 0.3) is 0 Å². The monoisotopic (exact) mass is 698 g/mol. The van der Waals surface area contributed by atoms with Crippen LogP contribution in [0.3, 0.4) is 0 Å². The zero-order chi connectivity index (χ0) is 25.0. The summed E-state index contributed by atoms with van der Waals surface area (Å²) in [6.45, 7) is 0. The summed E-state index contributed by atoms with van der Waals surface area (Å²) in [5.41, 5.74) is 16.2. The van der Waals surface area contributed by atoms with E-state index in [0.29, 0.717) is 49.6 Å². The SMILES string of the molecule is C.COC(=O)CCSc1ccnc(N)c1Cl.Nc1nccc(I)c1Cl.Nc1nccc([S-])c1Cl.[Na+]. The number of hydrogen-bond acceptors (Lipinski definition) is 10. The smallest absolute Gasteiger partial charge is 0.778 e. The van der Waals surface area contributed by atoms with Crippen LogP contribution in [0.15, 0.2) is 46.6 Å². The van der Waals surface area contributed by atoms with Crippen LogP contribution in [0.25, 0.3) is 0 Å². The van der Waals surface area contributed by atoms with Gasteiger partial charge in [0.05, 0.1) is 28.6 Å². The largest absolute Gasteiger partial charge is 1.00 e. The van der Waals surface area contributed by atoms with E-state index in [1.165, 1.54) is 25.1 Å². The van der Waals surface area contributed by atoms with Crippen molar-refractivity contribution in [2.45, 2.75) is 23.6 Å². The van der Waals surface area contributed by atoms with Crippen molar-refractivity contribution in [3.8, 4) is 0 Å². The first-order valence-corrected chi connectivity index (χ1v) is 12.4. The predicted octanol–water partition coefficient (Wildman–Crippen LogP) is 2.76. The van der Waals surface area contributed by atoms with Gasteiger partial charge in [0.15, 0.2) is 0 Å². The maximum Gasteiger partial charge on any atom is 1.00 e. The predicted molar refractivity (Wildman–Crippen MR) is 153 cm³/mol. The molecular formula is C20H23Cl3IN6NaO2S2. The number of nitrogens with zero attached hydrogens (tertiary/aromatic N) is 3. The van der Waals surface area contributed by atoms with Crippen LogP contribution in [0.2, 0.25) is 15.1 Å². The Labute approximate surface area is 265 Å². The average Bonchev–Trinajstić information content (AvgIpc) is 2.79. The number of methoxy groups -OCH3 is 1. The Kier molecular flexibility index (Phi) is 20.5. The number of rotatable bonds is 4. The fraction of sp³-hybridized carbons (Fsp3) is 0.200. The number of anilines is 3. The van der Waals surface area contributed by atoms with Gasteiger partial charge < -0.3 is 34.6 Å². The second-order valence-electron chi connectivity index (χ2n) is 5.68. The van der Waals surface area contributed by atoms with Crippen LogP contribution in [0.5, 0.6) is 0 Å². The Bertz CT molecular complexity index is 999. The molecule has 0 aliphatic heterocycles. The van der Waals surface area contributed by atoms with E-state index in [9.17, 15) is 4.79 Å². The molecule has 6 N–H and O–H groups in total. The van der Waals surface area contributed by atoms with Crippen molar-refractivity contribution in [3.63, 3.8) is 0 Å². The second-order valence-corrected chi connectivity index (χ2v) is 9.56. The normalized spacial score (nSPS) is 9.17. The van der Waals surface area contributed by atoms with Crippen molar-refractivity contribution in [2.75, 3.05) is 30.1 Å². The molecule has 15 heteroatoms. The minimum absolute atomic E-state index is 0. The Morgan fingerprint density at radius 1 is 0.971 bits per heavy atom. The molecule has 3 rings (SSSR count). The van der Waals surface area contributed by atoms with E-state index in [2.05, 4.69) is 42.3 Å². The molecule has 0 atom stereocenters. The third-order valence-corrected chi connectivity index (χ3v) is 7.46. The second kappa shape index (κ2) is 19.6. The van der Waals surface area contributed by atoms with E-state index in [-0.39, 0.29) is 43.0 Å². The number of nitrogen functional groups attached to an aromatic ring is 3. The van der Waals surface area contributed by atoms with Crippen molar-refractivity contribution in [1.29, 1.82) is 0 Å². The zero-order valence-electron chi connectivity index (χ0n) is 18.1. The molecule has 0 amide bonds. The van der Waals surface area contributed by atoms with Gasteiger partial charge in [0, 0.05) is 32.8 Å². The summed E-state index contributed by atoms with van der Waals surface area (Å²) in [6, 6.07) is 5.20. The summed E-state index contributed by atoms with van der Waals surface area (Å²) >= 11 is 25.5. The number of aromatic nitrogens is 3. The Morgan fingerprint density at radius 3 is 1.91 bits per heavy atom. The number of pyridine rings is 3. The van der Waals surface area contributed by atoms with Crippen LogP contribution in [0.1, 0.15) is 13.8 Å². The van der Waals surface area contributed by atoms with E-state index in [0.717, 1.165) is 8.47 Å². The number of carbonyl (C=O) groups is 1. The molecule has 186 valence electrons. The van der Waals surface area contributed by atoms with Crippen molar-refractivity contribution < 1.29 is 39.1 Å². The van der Waals surface area contributed by atoms with E-state index in [1.54, 1.807) is 30.6 Å². The first-order valence-electron chi connectivity index (χ1n) is 8.80. The van der Waals surface area contributed by atoms with E-state index < -0.39 is 0 Å². The number of ether oxygens (including phenoxy) is 1. The summed E-state index contributed by atoms with van der Waals surface area (Å²) in [5.74, 6) is 1.36. The number of halogens is 4. The van der Waals surface area contributed by atoms with Crippen molar-refractivity contribution in [1.82, 2.24) is 15.0 Å². The standard InChI is InChI=1S/C9H11ClN2O2S.C5H4ClIN2.C5H5ClN2S.CH4.Na/c1-14-7(13)3-5-15-6-2-4-12-9(11)8(6)10;6-4-3(7)1-2-9-5(4)8;6-4-3(9)1-2-8-5(4)7;;/h2,4H,3,5H2,1H3,(H2,11,12);1-2H,(H2,8,9);1-2H,(H3,7,8,9);1H4;/q;;;;+1/p-1. The van der Waals surface area contributed by atoms with Crippen molar-refractivity contribution in [2.24, 2.45) is 0 Å². The first kappa shape index (κ1) is 36.6. The molecule has 0 aromatic carbocycles. The summed E-state index contributed by atoms with van der Waals surface area (Å²) < 4.78 is 5.45. The minimum Gasteiger partial charge on any atom is -0.778 e. The number of carbonyl (C=O) groups excluding carboxylic acids is 1. The topological polar surface area (TPSA) is 143 Å².